The Hall–Kier alpha value is -3.42. The smallest absolute Gasteiger partial charge is 0.257 e. The topological polar surface area (TPSA) is 79.5 Å². The first-order chi connectivity index (χ1) is 15.9. The van der Waals surface area contributed by atoms with Gasteiger partial charge in [-0.25, -0.2) is 0 Å². The van der Waals surface area contributed by atoms with Gasteiger partial charge in [0.1, 0.15) is 12.4 Å². The van der Waals surface area contributed by atoms with Gasteiger partial charge < -0.3 is 15.4 Å². The fraction of sp³-hybridized carbons (Fsp3) is 0.160. The fourth-order valence-electron chi connectivity index (χ4n) is 2.92. The molecule has 3 rings (SSSR count). The van der Waals surface area contributed by atoms with Crippen LogP contribution in [0, 0.1) is 0 Å². The summed E-state index contributed by atoms with van der Waals surface area (Å²) in [5, 5.41) is 8.81. The van der Waals surface area contributed by atoms with E-state index in [0.717, 1.165) is 12.0 Å². The highest BCUT2D eigenvalue weighted by Crippen LogP contribution is 2.25. The third kappa shape index (κ3) is 7.59. The van der Waals surface area contributed by atoms with Gasteiger partial charge in [-0.1, -0.05) is 48.9 Å². The normalized spacial score (nSPS) is 10.2. The third-order valence-corrected chi connectivity index (χ3v) is 5.10. The first kappa shape index (κ1) is 24.2. The van der Waals surface area contributed by atoms with Gasteiger partial charge in [-0.3, -0.25) is 14.9 Å². The molecule has 3 aromatic carbocycles. The minimum Gasteiger partial charge on any atom is -0.489 e. The lowest BCUT2D eigenvalue weighted by Gasteiger charge is -2.13. The Labute approximate surface area is 203 Å². The van der Waals surface area contributed by atoms with E-state index in [4.69, 9.17) is 28.6 Å². The van der Waals surface area contributed by atoms with Gasteiger partial charge in [0, 0.05) is 17.7 Å². The molecule has 0 fully saturated rings. The summed E-state index contributed by atoms with van der Waals surface area (Å²) in [4.78, 5) is 24.4. The lowest BCUT2D eigenvalue weighted by molar-refractivity contribution is -0.116. The van der Waals surface area contributed by atoms with Crippen molar-refractivity contribution in [3.8, 4) is 5.75 Å². The first-order valence-electron chi connectivity index (χ1n) is 10.4. The molecule has 0 bridgehead atoms. The van der Waals surface area contributed by atoms with Crippen molar-refractivity contribution < 1.29 is 14.3 Å². The van der Waals surface area contributed by atoms with Gasteiger partial charge >= 0.3 is 0 Å². The molecule has 0 saturated heterocycles. The van der Waals surface area contributed by atoms with Crippen molar-refractivity contribution in [2.45, 2.75) is 26.4 Å². The maximum Gasteiger partial charge on any atom is 0.257 e. The van der Waals surface area contributed by atoms with Crippen molar-refractivity contribution in [2.24, 2.45) is 0 Å². The van der Waals surface area contributed by atoms with E-state index in [0.29, 0.717) is 40.7 Å². The summed E-state index contributed by atoms with van der Waals surface area (Å²) in [6, 6.07) is 21.6. The Balaban J connectivity index is 1.55. The molecule has 2 amide bonds. The monoisotopic (exact) mass is 481 g/mol. The maximum absolute atomic E-state index is 12.5. The molecule has 0 radical (unpaired) electrons. The highest BCUT2D eigenvalue weighted by atomic mass is 35.5. The van der Waals surface area contributed by atoms with Crippen LogP contribution in [-0.4, -0.2) is 16.9 Å². The fourth-order valence-corrected chi connectivity index (χ4v) is 3.29. The average Bonchev–Trinajstić information content (AvgIpc) is 2.81. The zero-order valence-corrected chi connectivity index (χ0v) is 19.6. The molecule has 8 heteroatoms. The summed E-state index contributed by atoms with van der Waals surface area (Å²) in [5.41, 5.74) is 2.54. The van der Waals surface area contributed by atoms with Crippen molar-refractivity contribution in [1.82, 2.24) is 5.32 Å². The van der Waals surface area contributed by atoms with Gasteiger partial charge in [-0.05, 0) is 66.7 Å². The van der Waals surface area contributed by atoms with Gasteiger partial charge in [0.15, 0.2) is 5.11 Å². The van der Waals surface area contributed by atoms with E-state index in [1.165, 1.54) is 0 Å². The van der Waals surface area contributed by atoms with E-state index in [1.54, 1.807) is 42.5 Å². The number of rotatable bonds is 8. The van der Waals surface area contributed by atoms with Crippen molar-refractivity contribution in [2.75, 3.05) is 10.6 Å². The molecular formula is C25H24ClN3O3S. The number of carbonyl (C=O) groups excluding carboxylic acids is 2. The van der Waals surface area contributed by atoms with Crippen LogP contribution < -0.4 is 20.7 Å². The minimum absolute atomic E-state index is 0.0853. The number of nitrogens with one attached hydrogen (secondary N) is 3. The van der Waals surface area contributed by atoms with Gasteiger partial charge in [0.05, 0.1) is 10.7 Å². The molecule has 0 atom stereocenters. The molecule has 0 aliphatic heterocycles. The van der Waals surface area contributed by atoms with Crippen molar-refractivity contribution >= 4 is 52.1 Å². The van der Waals surface area contributed by atoms with Crippen LogP contribution in [0.2, 0.25) is 5.02 Å². The average molecular weight is 482 g/mol. The Bertz CT molecular complexity index is 1120. The van der Waals surface area contributed by atoms with Crippen molar-refractivity contribution in [3.05, 3.63) is 88.9 Å². The van der Waals surface area contributed by atoms with Crippen LogP contribution in [0.4, 0.5) is 11.4 Å². The van der Waals surface area contributed by atoms with Crippen LogP contribution in [0.3, 0.4) is 0 Å². The summed E-state index contributed by atoms with van der Waals surface area (Å²) in [7, 11) is 0. The highest BCUT2D eigenvalue weighted by molar-refractivity contribution is 7.80. The van der Waals surface area contributed by atoms with E-state index in [1.807, 2.05) is 37.3 Å². The van der Waals surface area contributed by atoms with Gasteiger partial charge in [-0.2, -0.15) is 0 Å². The predicted molar refractivity (Wildman–Crippen MR) is 136 cm³/mol. The number of hydrogen-bond acceptors (Lipinski definition) is 4. The second-order valence-electron chi connectivity index (χ2n) is 7.20. The molecule has 0 heterocycles. The molecule has 170 valence electrons. The van der Waals surface area contributed by atoms with Gasteiger partial charge in [-0.15, -0.1) is 0 Å². The molecular weight excluding hydrogens is 458 g/mol. The highest BCUT2D eigenvalue weighted by Gasteiger charge is 2.11. The van der Waals surface area contributed by atoms with Gasteiger partial charge in [0.25, 0.3) is 5.91 Å². The lowest BCUT2D eigenvalue weighted by atomic mass is 10.2. The lowest BCUT2D eigenvalue weighted by Crippen LogP contribution is -2.34. The van der Waals surface area contributed by atoms with E-state index < -0.39 is 0 Å². The number of carbonyl (C=O) groups is 2. The van der Waals surface area contributed by atoms with E-state index >= 15 is 0 Å². The van der Waals surface area contributed by atoms with Crippen LogP contribution in [-0.2, 0) is 11.4 Å². The van der Waals surface area contributed by atoms with Crippen molar-refractivity contribution in [3.63, 3.8) is 0 Å². The van der Waals surface area contributed by atoms with Crippen LogP contribution in [0.1, 0.15) is 35.7 Å². The number of anilines is 2. The minimum atomic E-state index is -0.370. The number of ether oxygens (including phenoxy) is 1. The summed E-state index contributed by atoms with van der Waals surface area (Å²) >= 11 is 11.5. The Morgan fingerprint density at radius 2 is 1.70 bits per heavy atom. The second-order valence-corrected chi connectivity index (χ2v) is 8.02. The Kier molecular flexibility index (Phi) is 8.80. The Morgan fingerprint density at radius 3 is 2.39 bits per heavy atom. The van der Waals surface area contributed by atoms with Crippen LogP contribution in [0.25, 0.3) is 0 Å². The standard InChI is InChI=1S/C25H24ClN3O3S/c1-2-6-23(30)27-19-11-14-21(26)22(15-19)28-25(33)29-24(31)18-9-12-20(13-10-18)32-16-17-7-4-3-5-8-17/h3-5,7-15H,2,6,16H2,1H3,(H,27,30)(H2,28,29,31,33). The molecule has 0 unspecified atom stereocenters. The molecule has 33 heavy (non-hydrogen) atoms. The Morgan fingerprint density at radius 1 is 0.970 bits per heavy atom. The first-order valence-corrected chi connectivity index (χ1v) is 11.2. The number of thiocarbonyl (C=S) groups is 1. The van der Waals surface area contributed by atoms with E-state index in [2.05, 4.69) is 16.0 Å². The SMILES string of the molecule is CCCC(=O)Nc1ccc(Cl)c(NC(=S)NC(=O)c2ccc(OCc3ccccc3)cc2)c1. The number of halogens is 1. The molecule has 3 N–H and O–H groups in total. The molecule has 3 aromatic rings. The second kappa shape index (κ2) is 12.0. The van der Waals surface area contributed by atoms with E-state index in [-0.39, 0.29) is 16.9 Å². The molecule has 0 saturated carbocycles. The van der Waals surface area contributed by atoms with Gasteiger partial charge in [0.2, 0.25) is 5.91 Å². The van der Waals surface area contributed by atoms with Crippen LogP contribution in [0.5, 0.6) is 5.75 Å². The maximum atomic E-state index is 12.5. The van der Waals surface area contributed by atoms with E-state index in [9.17, 15) is 9.59 Å². The third-order valence-electron chi connectivity index (χ3n) is 4.57. The largest absolute Gasteiger partial charge is 0.489 e. The zero-order chi connectivity index (χ0) is 23.6. The number of amides is 2. The summed E-state index contributed by atoms with van der Waals surface area (Å²) in [6.45, 7) is 2.37. The molecule has 0 aromatic heterocycles. The quantitative estimate of drug-likeness (QED) is 0.355. The number of hydrogen-bond donors (Lipinski definition) is 3. The molecule has 0 aliphatic carbocycles. The molecule has 0 spiro atoms. The summed E-state index contributed by atoms with van der Waals surface area (Å²) < 4.78 is 5.74. The number of benzene rings is 3. The summed E-state index contributed by atoms with van der Waals surface area (Å²) in [5.74, 6) is 0.202. The summed E-state index contributed by atoms with van der Waals surface area (Å²) in [6.07, 6.45) is 1.18. The zero-order valence-electron chi connectivity index (χ0n) is 18.1. The van der Waals surface area contributed by atoms with Crippen LogP contribution in [0.15, 0.2) is 72.8 Å². The van der Waals surface area contributed by atoms with Crippen LogP contribution >= 0.6 is 23.8 Å². The van der Waals surface area contributed by atoms with Crippen molar-refractivity contribution in [1.29, 1.82) is 0 Å². The molecule has 0 aliphatic rings. The predicted octanol–water partition coefficient (Wildman–Crippen LogP) is 5.78. The molecule has 6 nitrogen and oxygen atoms in total.